The third-order valence-corrected chi connectivity index (χ3v) is 7.38. The molecule has 5 nitrogen and oxygen atoms in total. The highest BCUT2D eigenvalue weighted by molar-refractivity contribution is 5.00. The Hall–Kier alpha value is -0.200. The van der Waals surface area contributed by atoms with E-state index in [4.69, 9.17) is 4.74 Å². The van der Waals surface area contributed by atoms with E-state index in [1.54, 1.807) is 0 Å². The standard InChI is InChI=1S/C19H35N3O2/c1-13-11-22-18(12-24-13)21(3)17-10-14(7-8-15(17)19(22)23)16-6-4-5-9-20(16)2/h13-19,23H,4-12H2,1-3H3. The average Bonchev–Trinajstić information content (AvgIpc) is 2.59. The lowest BCUT2D eigenvalue weighted by Crippen LogP contribution is -2.70. The highest BCUT2D eigenvalue weighted by Gasteiger charge is 2.50. The quantitative estimate of drug-likeness (QED) is 0.786. The van der Waals surface area contributed by atoms with Crippen molar-refractivity contribution in [2.75, 3.05) is 33.8 Å². The van der Waals surface area contributed by atoms with Crippen LogP contribution in [0.15, 0.2) is 0 Å². The molecule has 0 aromatic carbocycles. The first-order chi connectivity index (χ1) is 11.6. The molecule has 4 aliphatic rings. The normalized spacial score (nSPS) is 48.8. The van der Waals surface area contributed by atoms with Gasteiger partial charge in [0.1, 0.15) is 6.23 Å². The lowest BCUT2D eigenvalue weighted by Gasteiger charge is -2.58. The minimum Gasteiger partial charge on any atom is -0.378 e. The third kappa shape index (κ3) is 2.92. The summed E-state index contributed by atoms with van der Waals surface area (Å²) in [6, 6.07) is 1.26. The largest absolute Gasteiger partial charge is 0.378 e. The molecule has 3 aliphatic heterocycles. The fraction of sp³-hybridized carbons (Fsp3) is 1.00. The van der Waals surface area contributed by atoms with Gasteiger partial charge in [-0.15, -0.1) is 0 Å². The van der Waals surface area contributed by atoms with E-state index in [1.165, 1.54) is 45.1 Å². The topological polar surface area (TPSA) is 39.2 Å². The number of hydrogen-bond donors (Lipinski definition) is 1. The van der Waals surface area contributed by atoms with E-state index in [0.29, 0.717) is 12.0 Å². The summed E-state index contributed by atoms with van der Waals surface area (Å²) in [5, 5.41) is 11.0. The number of morpholine rings is 1. The summed E-state index contributed by atoms with van der Waals surface area (Å²) >= 11 is 0. The first-order valence-corrected chi connectivity index (χ1v) is 10.0. The number of nitrogens with zero attached hydrogens (tertiary/aromatic N) is 3. The van der Waals surface area contributed by atoms with Crippen molar-refractivity contribution in [3.8, 4) is 0 Å². The summed E-state index contributed by atoms with van der Waals surface area (Å²) < 4.78 is 5.90. The second kappa shape index (κ2) is 6.84. The third-order valence-electron chi connectivity index (χ3n) is 7.38. The van der Waals surface area contributed by atoms with E-state index >= 15 is 0 Å². The van der Waals surface area contributed by atoms with Crippen molar-refractivity contribution in [2.45, 2.75) is 76.0 Å². The van der Waals surface area contributed by atoms with Crippen LogP contribution in [0.1, 0.15) is 45.4 Å². The van der Waals surface area contributed by atoms with Gasteiger partial charge in [0.25, 0.3) is 0 Å². The molecule has 1 aliphatic carbocycles. The van der Waals surface area contributed by atoms with Crippen LogP contribution in [-0.2, 0) is 4.74 Å². The number of aliphatic hydroxyl groups excluding tert-OH is 1. The lowest BCUT2D eigenvalue weighted by atomic mass is 9.71. The molecule has 5 heteroatoms. The monoisotopic (exact) mass is 337 g/mol. The Bertz CT molecular complexity index is 448. The Morgan fingerprint density at radius 3 is 2.67 bits per heavy atom. The summed E-state index contributed by atoms with van der Waals surface area (Å²) in [7, 11) is 4.57. The maximum Gasteiger partial charge on any atom is 0.113 e. The number of ether oxygens (including phenoxy) is 1. The zero-order valence-corrected chi connectivity index (χ0v) is 15.6. The van der Waals surface area contributed by atoms with Crippen molar-refractivity contribution in [1.82, 2.24) is 14.7 Å². The summed E-state index contributed by atoms with van der Waals surface area (Å²) in [5.74, 6) is 1.20. The molecule has 0 aromatic rings. The highest BCUT2D eigenvalue weighted by atomic mass is 16.5. The van der Waals surface area contributed by atoms with Gasteiger partial charge in [-0.05, 0) is 65.6 Å². The summed E-state index contributed by atoms with van der Waals surface area (Å²) in [6.45, 7) is 4.96. The van der Waals surface area contributed by atoms with E-state index in [2.05, 4.69) is 35.7 Å². The molecule has 3 saturated heterocycles. The Labute approximate surface area is 146 Å². The smallest absolute Gasteiger partial charge is 0.113 e. The van der Waals surface area contributed by atoms with Gasteiger partial charge in [-0.1, -0.05) is 6.42 Å². The van der Waals surface area contributed by atoms with Gasteiger partial charge in [-0.2, -0.15) is 0 Å². The fourth-order valence-corrected chi connectivity index (χ4v) is 5.98. The molecule has 4 fully saturated rings. The molecule has 0 amide bonds. The van der Waals surface area contributed by atoms with Crippen LogP contribution in [0.3, 0.4) is 0 Å². The zero-order valence-electron chi connectivity index (χ0n) is 15.6. The first-order valence-electron chi connectivity index (χ1n) is 10.0. The Morgan fingerprint density at radius 2 is 1.88 bits per heavy atom. The molecule has 138 valence electrons. The van der Waals surface area contributed by atoms with Gasteiger partial charge in [0.15, 0.2) is 0 Å². The number of likely N-dealkylation sites (N-methyl/N-ethyl adjacent to an activating group) is 1. The van der Waals surface area contributed by atoms with Crippen LogP contribution in [0.4, 0.5) is 0 Å². The van der Waals surface area contributed by atoms with Gasteiger partial charge < -0.3 is 14.7 Å². The molecule has 7 atom stereocenters. The maximum absolute atomic E-state index is 11.0. The molecule has 24 heavy (non-hydrogen) atoms. The lowest BCUT2D eigenvalue weighted by molar-refractivity contribution is -0.232. The number of aliphatic hydroxyl groups is 1. The predicted octanol–water partition coefficient (Wildman–Crippen LogP) is 1.57. The van der Waals surface area contributed by atoms with Gasteiger partial charge in [0, 0.05) is 24.5 Å². The second-order valence-corrected chi connectivity index (χ2v) is 8.75. The highest BCUT2D eigenvalue weighted by Crippen LogP contribution is 2.43. The molecule has 0 bridgehead atoms. The molecule has 3 heterocycles. The SMILES string of the molecule is CC1CN2C(O)C3CCC(C4CCCCN4C)CC3N(C)C2CO1. The van der Waals surface area contributed by atoms with Crippen molar-refractivity contribution in [2.24, 2.45) is 11.8 Å². The van der Waals surface area contributed by atoms with Crippen LogP contribution < -0.4 is 0 Å². The number of hydrogen-bond acceptors (Lipinski definition) is 5. The molecule has 0 aromatic heterocycles. The number of fused-ring (bicyclic) bond motifs is 2. The molecule has 0 radical (unpaired) electrons. The van der Waals surface area contributed by atoms with E-state index in [9.17, 15) is 5.11 Å². The van der Waals surface area contributed by atoms with Gasteiger partial charge >= 0.3 is 0 Å². The van der Waals surface area contributed by atoms with Crippen LogP contribution >= 0.6 is 0 Å². The average molecular weight is 338 g/mol. The van der Waals surface area contributed by atoms with E-state index < -0.39 is 0 Å². The van der Waals surface area contributed by atoms with E-state index in [1.807, 2.05) is 0 Å². The van der Waals surface area contributed by atoms with Crippen molar-refractivity contribution >= 4 is 0 Å². The molecular formula is C19H35N3O2. The van der Waals surface area contributed by atoms with Crippen LogP contribution in [0.25, 0.3) is 0 Å². The van der Waals surface area contributed by atoms with Crippen molar-refractivity contribution in [1.29, 1.82) is 0 Å². The van der Waals surface area contributed by atoms with E-state index in [0.717, 1.165) is 25.1 Å². The van der Waals surface area contributed by atoms with Crippen LogP contribution in [0.2, 0.25) is 0 Å². The van der Waals surface area contributed by atoms with Crippen LogP contribution in [0, 0.1) is 11.8 Å². The summed E-state index contributed by atoms with van der Waals surface area (Å²) in [6.07, 6.45) is 8.00. The summed E-state index contributed by atoms with van der Waals surface area (Å²) in [4.78, 5) is 7.42. The Kier molecular flexibility index (Phi) is 4.91. The van der Waals surface area contributed by atoms with Crippen molar-refractivity contribution < 1.29 is 9.84 Å². The second-order valence-electron chi connectivity index (χ2n) is 8.75. The fourth-order valence-electron chi connectivity index (χ4n) is 5.98. The maximum atomic E-state index is 11.0. The van der Waals surface area contributed by atoms with Gasteiger partial charge in [-0.3, -0.25) is 9.80 Å². The number of rotatable bonds is 1. The summed E-state index contributed by atoms with van der Waals surface area (Å²) in [5.41, 5.74) is 0. The van der Waals surface area contributed by atoms with Crippen LogP contribution in [-0.4, -0.2) is 84.2 Å². The number of likely N-dealkylation sites (tertiary alicyclic amines) is 1. The van der Waals surface area contributed by atoms with Gasteiger partial charge in [-0.25, -0.2) is 0 Å². The first kappa shape index (κ1) is 17.2. The predicted molar refractivity (Wildman–Crippen MR) is 94.6 cm³/mol. The number of piperidine rings is 1. The molecule has 0 spiro atoms. The Balaban J connectivity index is 1.49. The van der Waals surface area contributed by atoms with Crippen LogP contribution in [0.5, 0.6) is 0 Å². The molecule has 1 N–H and O–H groups in total. The minimum atomic E-state index is -0.285. The molecule has 4 rings (SSSR count). The van der Waals surface area contributed by atoms with Gasteiger partial charge in [0.2, 0.25) is 0 Å². The van der Waals surface area contributed by atoms with E-state index in [-0.39, 0.29) is 18.5 Å². The minimum absolute atomic E-state index is 0.230. The van der Waals surface area contributed by atoms with Gasteiger partial charge in [0.05, 0.1) is 18.9 Å². The molecule has 1 saturated carbocycles. The zero-order chi connectivity index (χ0) is 16.8. The molecular weight excluding hydrogens is 302 g/mol. The Morgan fingerprint density at radius 1 is 1.04 bits per heavy atom. The van der Waals surface area contributed by atoms with Crippen molar-refractivity contribution in [3.05, 3.63) is 0 Å². The van der Waals surface area contributed by atoms with Crippen molar-refractivity contribution in [3.63, 3.8) is 0 Å². The molecule has 7 unspecified atom stereocenters.